The van der Waals surface area contributed by atoms with E-state index in [4.69, 9.17) is 9.47 Å². The summed E-state index contributed by atoms with van der Waals surface area (Å²) in [5, 5.41) is 3.40. The van der Waals surface area contributed by atoms with Crippen molar-refractivity contribution in [3.05, 3.63) is 28.2 Å². The van der Waals surface area contributed by atoms with Gasteiger partial charge in [0, 0.05) is 19.7 Å². The van der Waals surface area contributed by atoms with Crippen LogP contribution < -0.4 is 10.1 Å². The molecule has 4 heteroatoms. The van der Waals surface area contributed by atoms with E-state index in [1.807, 2.05) is 13.0 Å². The SMILES string of the molecule is CCOC(C)(C)CNCc1ccc(OC)c(Br)c1. The lowest BCUT2D eigenvalue weighted by Crippen LogP contribution is -2.37. The molecule has 0 aromatic heterocycles. The molecule has 1 aromatic carbocycles. The first-order valence-electron chi connectivity index (χ1n) is 6.15. The zero-order chi connectivity index (χ0) is 13.6. The first-order valence-corrected chi connectivity index (χ1v) is 6.95. The summed E-state index contributed by atoms with van der Waals surface area (Å²) in [7, 11) is 1.67. The highest BCUT2D eigenvalue weighted by Crippen LogP contribution is 2.25. The molecule has 18 heavy (non-hydrogen) atoms. The number of hydrogen-bond donors (Lipinski definition) is 1. The van der Waals surface area contributed by atoms with Gasteiger partial charge in [-0.2, -0.15) is 0 Å². The minimum atomic E-state index is -0.127. The highest BCUT2D eigenvalue weighted by Gasteiger charge is 2.16. The Balaban J connectivity index is 2.47. The molecule has 0 aliphatic heterocycles. The number of benzene rings is 1. The second-order valence-corrected chi connectivity index (χ2v) is 5.62. The fraction of sp³-hybridized carbons (Fsp3) is 0.571. The first kappa shape index (κ1) is 15.5. The van der Waals surface area contributed by atoms with E-state index < -0.39 is 0 Å². The van der Waals surface area contributed by atoms with Crippen LogP contribution in [-0.4, -0.2) is 25.9 Å². The molecule has 102 valence electrons. The molecule has 0 radical (unpaired) electrons. The number of halogens is 1. The highest BCUT2D eigenvalue weighted by molar-refractivity contribution is 9.10. The summed E-state index contributed by atoms with van der Waals surface area (Å²) in [4.78, 5) is 0. The molecule has 0 atom stereocenters. The van der Waals surface area contributed by atoms with Gasteiger partial charge in [-0.15, -0.1) is 0 Å². The predicted molar refractivity (Wildman–Crippen MR) is 78.1 cm³/mol. The smallest absolute Gasteiger partial charge is 0.133 e. The van der Waals surface area contributed by atoms with E-state index in [9.17, 15) is 0 Å². The summed E-state index contributed by atoms with van der Waals surface area (Å²) < 4.78 is 11.8. The Labute approximate surface area is 118 Å². The highest BCUT2D eigenvalue weighted by atomic mass is 79.9. The van der Waals surface area contributed by atoms with Crippen molar-refractivity contribution in [1.82, 2.24) is 5.32 Å². The third-order valence-electron chi connectivity index (χ3n) is 2.63. The Morgan fingerprint density at radius 2 is 2.06 bits per heavy atom. The van der Waals surface area contributed by atoms with Crippen LogP contribution in [0.1, 0.15) is 26.3 Å². The van der Waals surface area contributed by atoms with Crippen LogP contribution in [0, 0.1) is 0 Å². The molecule has 1 rings (SSSR count). The second-order valence-electron chi connectivity index (χ2n) is 4.77. The van der Waals surface area contributed by atoms with Crippen LogP contribution in [0.25, 0.3) is 0 Å². The van der Waals surface area contributed by atoms with E-state index in [0.29, 0.717) is 0 Å². The molecule has 3 nitrogen and oxygen atoms in total. The van der Waals surface area contributed by atoms with Crippen molar-refractivity contribution in [1.29, 1.82) is 0 Å². The van der Waals surface area contributed by atoms with Crippen molar-refractivity contribution < 1.29 is 9.47 Å². The number of hydrogen-bond acceptors (Lipinski definition) is 3. The van der Waals surface area contributed by atoms with Crippen molar-refractivity contribution in [3.63, 3.8) is 0 Å². The van der Waals surface area contributed by atoms with Crippen molar-refractivity contribution in [2.45, 2.75) is 32.9 Å². The van der Waals surface area contributed by atoms with Crippen LogP contribution in [0.2, 0.25) is 0 Å². The molecule has 0 aliphatic carbocycles. The Hall–Kier alpha value is -0.580. The zero-order valence-electron chi connectivity index (χ0n) is 11.5. The fourth-order valence-electron chi connectivity index (χ4n) is 1.77. The number of nitrogens with one attached hydrogen (secondary N) is 1. The Kier molecular flexibility index (Phi) is 6.12. The topological polar surface area (TPSA) is 30.5 Å². The largest absolute Gasteiger partial charge is 0.496 e. The molecule has 0 spiro atoms. The average Bonchev–Trinajstić information content (AvgIpc) is 2.29. The monoisotopic (exact) mass is 315 g/mol. The summed E-state index contributed by atoms with van der Waals surface area (Å²) in [6, 6.07) is 6.10. The molecule has 0 amide bonds. The molecule has 0 saturated heterocycles. The predicted octanol–water partition coefficient (Wildman–Crippen LogP) is 3.36. The first-order chi connectivity index (χ1) is 8.48. The summed E-state index contributed by atoms with van der Waals surface area (Å²) >= 11 is 3.49. The Bertz CT molecular complexity index is 380. The van der Waals surface area contributed by atoms with E-state index in [1.54, 1.807) is 7.11 Å². The molecule has 0 fully saturated rings. The standard InChI is InChI=1S/C14H22BrNO2/c1-5-18-14(2,3)10-16-9-11-6-7-13(17-4)12(15)8-11/h6-8,16H,5,9-10H2,1-4H3. The van der Waals surface area contributed by atoms with Gasteiger partial charge in [0.15, 0.2) is 0 Å². The third-order valence-corrected chi connectivity index (χ3v) is 3.25. The zero-order valence-corrected chi connectivity index (χ0v) is 13.1. The van der Waals surface area contributed by atoms with Crippen LogP contribution in [-0.2, 0) is 11.3 Å². The summed E-state index contributed by atoms with van der Waals surface area (Å²) in [6.07, 6.45) is 0. The molecule has 0 bridgehead atoms. The fourth-order valence-corrected chi connectivity index (χ4v) is 2.36. The van der Waals surface area contributed by atoms with Gasteiger partial charge in [0.05, 0.1) is 17.2 Å². The Morgan fingerprint density at radius 1 is 1.33 bits per heavy atom. The van der Waals surface area contributed by atoms with E-state index in [2.05, 4.69) is 47.2 Å². The van der Waals surface area contributed by atoms with E-state index >= 15 is 0 Å². The van der Waals surface area contributed by atoms with E-state index in [1.165, 1.54) is 5.56 Å². The van der Waals surface area contributed by atoms with Crippen LogP contribution in [0.5, 0.6) is 5.75 Å². The summed E-state index contributed by atoms with van der Waals surface area (Å²) in [5.41, 5.74) is 1.09. The Morgan fingerprint density at radius 3 is 2.61 bits per heavy atom. The van der Waals surface area contributed by atoms with Gasteiger partial charge in [0.2, 0.25) is 0 Å². The number of ether oxygens (including phenoxy) is 2. The third kappa shape index (κ3) is 4.96. The molecule has 1 N–H and O–H groups in total. The van der Waals surface area contributed by atoms with Crippen molar-refractivity contribution in [2.24, 2.45) is 0 Å². The van der Waals surface area contributed by atoms with Gasteiger partial charge < -0.3 is 14.8 Å². The van der Waals surface area contributed by atoms with Crippen LogP contribution in [0.15, 0.2) is 22.7 Å². The normalized spacial score (nSPS) is 11.6. The lowest BCUT2D eigenvalue weighted by molar-refractivity contribution is -0.00897. The molecular formula is C14H22BrNO2. The maximum absolute atomic E-state index is 5.64. The lowest BCUT2D eigenvalue weighted by Gasteiger charge is -2.25. The molecule has 0 saturated carbocycles. The number of rotatable bonds is 7. The van der Waals surface area contributed by atoms with Gasteiger partial charge in [-0.1, -0.05) is 6.07 Å². The van der Waals surface area contributed by atoms with Gasteiger partial charge in [0.1, 0.15) is 5.75 Å². The van der Waals surface area contributed by atoms with Gasteiger partial charge in [-0.05, 0) is 54.4 Å². The van der Waals surface area contributed by atoms with Crippen molar-refractivity contribution >= 4 is 15.9 Å². The van der Waals surface area contributed by atoms with Crippen LogP contribution >= 0.6 is 15.9 Å². The molecule has 0 heterocycles. The molecular weight excluding hydrogens is 294 g/mol. The molecule has 0 aliphatic rings. The molecule has 0 unspecified atom stereocenters. The minimum Gasteiger partial charge on any atom is -0.496 e. The van der Waals surface area contributed by atoms with E-state index in [-0.39, 0.29) is 5.60 Å². The summed E-state index contributed by atoms with van der Waals surface area (Å²) in [5.74, 6) is 0.855. The summed E-state index contributed by atoms with van der Waals surface area (Å²) in [6.45, 7) is 8.58. The van der Waals surface area contributed by atoms with Crippen LogP contribution in [0.4, 0.5) is 0 Å². The van der Waals surface area contributed by atoms with Gasteiger partial charge in [0.25, 0.3) is 0 Å². The maximum Gasteiger partial charge on any atom is 0.133 e. The van der Waals surface area contributed by atoms with E-state index in [0.717, 1.165) is 29.9 Å². The van der Waals surface area contributed by atoms with Gasteiger partial charge in [-0.3, -0.25) is 0 Å². The minimum absolute atomic E-state index is 0.127. The molecule has 1 aromatic rings. The quantitative estimate of drug-likeness (QED) is 0.837. The number of methoxy groups -OCH3 is 1. The maximum atomic E-state index is 5.64. The van der Waals surface area contributed by atoms with Crippen LogP contribution in [0.3, 0.4) is 0 Å². The second kappa shape index (κ2) is 7.12. The lowest BCUT2D eigenvalue weighted by atomic mass is 10.1. The van der Waals surface area contributed by atoms with Gasteiger partial charge >= 0.3 is 0 Å². The van der Waals surface area contributed by atoms with Gasteiger partial charge in [-0.25, -0.2) is 0 Å². The van der Waals surface area contributed by atoms with Crippen molar-refractivity contribution in [3.8, 4) is 5.75 Å². The average molecular weight is 316 g/mol. The van der Waals surface area contributed by atoms with Crippen molar-refractivity contribution in [2.75, 3.05) is 20.3 Å².